The fraction of sp³-hybridized carbons (Fsp3) is 0.300. The number of amides is 1. The smallest absolute Gasteiger partial charge is 0.411 e. The molecule has 1 N–H and O–H groups in total. The lowest BCUT2D eigenvalue weighted by Gasteiger charge is -2.20. The Balaban J connectivity index is 2.49. The molecule has 0 radical (unpaired) electrons. The van der Waals surface area contributed by atoms with E-state index in [9.17, 15) is 4.79 Å². The van der Waals surface area contributed by atoms with Crippen molar-refractivity contribution in [2.75, 3.05) is 19.5 Å². The van der Waals surface area contributed by atoms with Crippen LogP contribution >= 0.6 is 0 Å². The molecule has 0 saturated heterocycles. The molecule has 1 amide bonds. The van der Waals surface area contributed by atoms with Crippen molar-refractivity contribution in [1.82, 2.24) is 0 Å². The minimum Gasteiger partial charge on any atom is -0.497 e. The fourth-order valence-corrected chi connectivity index (χ4v) is 1.46. The van der Waals surface area contributed by atoms with Gasteiger partial charge in [0.05, 0.1) is 25.5 Å². The van der Waals surface area contributed by atoms with Gasteiger partial charge in [-0.1, -0.05) is 0 Å². The minimum atomic E-state index is -0.460. The van der Waals surface area contributed by atoms with E-state index in [2.05, 4.69) is 5.32 Å². The monoisotopic (exact) mass is 209 g/mol. The van der Waals surface area contributed by atoms with E-state index in [0.717, 1.165) is 5.56 Å². The zero-order chi connectivity index (χ0) is 10.8. The first-order valence-corrected chi connectivity index (χ1v) is 4.43. The highest BCUT2D eigenvalue weighted by atomic mass is 16.6. The second-order valence-corrected chi connectivity index (χ2v) is 3.06. The average molecular weight is 209 g/mol. The molecule has 5 nitrogen and oxygen atoms in total. The molecule has 0 atom stereocenters. The minimum absolute atomic E-state index is 0.217. The van der Waals surface area contributed by atoms with Gasteiger partial charge in [-0.15, -0.1) is 0 Å². The third-order valence-corrected chi connectivity index (χ3v) is 2.22. The molecule has 5 heteroatoms. The molecule has 1 heterocycles. The van der Waals surface area contributed by atoms with Crippen LogP contribution < -0.4 is 14.8 Å². The number of fused-ring (bicyclic) bond motifs is 1. The third-order valence-electron chi connectivity index (χ3n) is 2.22. The number of hydrogen-bond acceptors (Lipinski definition) is 4. The number of rotatable bonds is 2. The lowest BCUT2D eigenvalue weighted by Crippen LogP contribution is -2.20. The Kier molecular flexibility index (Phi) is 2.37. The van der Waals surface area contributed by atoms with Crippen LogP contribution in [0.2, 0.25) is 0 Å². The van der Waals surface area contributed by atoms with Gasteiger partial charge in [0, 0.05) is 12.1 Å². The topological polar surface area (TPSA) is 56.8 Å². The van der Waals surface area contributed by atoms with E-state index in [4.69, 9.17) is 14.2 Å². The average Bonchev–Trinajstić information content (AvgIpc) is 2.26. The number of carbonyl (C=O) groups is 1. The van der Waals surface area contributed by atoms with Crippen LogP contribution in [0.5, 0.6) is 11.5 Å². The van der Waals surface area contributed by atoms with E-state index < -0.39 is 6.09 Å². The zero-order valence-corrected chi connectivity index (χ0v) is 8.49. The van der Waals surface area contributed by atoms with Crippen LogP contribution in [-0.2, 0) is 11.3 Å². The van der Waals surface area contributed by atoms with Gasteiger partial charge < -0.3 is 14.2 Å². The summed E-state index contributed by atoms with van der Waals surface area (Å²) in [7, 11) is 3.12. The van der Waals surface area contributed by atoms with Gasteiger partial charge in [0.1, 0.15) is 18.1 Å². The molecule has 15 heavy (non-hydrogen) atoms. The van der Waals surface area contributed by atoms with Crippen LogP contribution in [0, 0.1) is 0 Å². The number of anilines is 1. The number of benzene rings is 1. The van der Waals surface area contributed by atoms with Gasteiger partial charge in [-0.2, -0.15) is 0 Å². The van der Waals surface area contributed by atoms with Gasteiger partial charge in [-0.05, 0) is 0 Å². The summed E-state index contributed by atoms with van der Waals surface area (Å²) < 4.78 is 15.1. The summed E-state index contributed by atoms with van der Waals surface area (Å²) >= 11 is 0. The van der Waals surface area contributed by atoms with Gasteiger partial charge >= 0.3 is 6.09 Å². The first-order chi connectivity index (χ1) is 7.24. The number of hydrogen-bond donors (Lipinski definition) is 1. The van der Waals surface area contributed by atoms with Crippen molar-refractivity contribution >= 4 is 11.8 Å². The van der Waals surface area contributed by atoms with E-state index in [1.54, 1.807) is 26.4 Å². The molecule has 1 aromatic carbocycles. The normalized spacial score (nSPS) is 13.6. The fourth-order valence-electron chi connectivity index (χ4n) is 1.46. The SMILES string of the molecule is COc1cc2c(c(OC)c1)COC(=O)N2. The lowest BCUT2D eigenvalue weighted by atomic mass is 10.1. The van der Waals surface area contributed by atoms with Crippen molar-refractivity contribution in [3.8, 4) is 11.5 Å². The molecular formula is C10H11NO4. The molecule has 80 valence electrons. The molecule has 2 rings (SSSR count). The van der Waals surface area contributed by atoms with Crippen LogP contribution in [0.25, 0.3) is 0 Å². The number of ether oxygens (including phenoxy) is 3. The van der Waals surface area contributed by atoms with E-state index in [-0.39, 0.29) is 6.61 Å². The van der Waals surface area contributed by atoms with Crippen molar-refractivity contribution in [1.29, 1.82) is 0 Å². The molecule has 1 aliphatic rings. The van der Waals surface area contributed by atoms with Crippen LogP contribution in [0.3, 0.4) is 0 Å². The highest BCUT2D eigenvalue weighted by molar-refractivity contribution is 5.88. The maximum absolute atomic E-state index is 11.0. The zero-order valence-electron chi connectivity index (χ0n) is 8.49. The van der Waals surface area contributed by atoms with Gasteiger partial charge in [0.15, 0.2) is 0 Å². The van der Waals surface area contributed by atoms with Crippen molar-refractivity contribution in [3.63, 3.8) is 0 Å². The van der Waals surface area contributed by atoms with Crippen LogP contribution in [-0.4, -0.2) is 20.3 Å². The maximum Gasteiger partial charge on any atom is 0.411 e. The Labute approximate surface area is 86.9 Å². The Morgan fingerprint density at radius 3 is 2.80 bits per heavy atom. The van der Waals surface area contributed by atoms with E-state index >= 15 is 0 Å². The quantitative estimate of drug-likeness (QED) is 0.806. The highest BCUT2D eigenvalue weighted by Gasteiger charge is 2.20. The Bertz CT molecular complexity index is 403. The van der Waals surface area contributed by atoms with Gasteiger partial charge in [-0.3, -0.25) is 5.32 Å². The predicted octanol–water partition coefficient (Wildman–Crippen LogP) is 1.77. The molecule has 0 aliphatic carbocycles. The van der Waals surface area contributed by atoms with E-state index in [0.29, 0.717) is 17.2 Å². The number of methoxy groups -OCH3 is 2. The molecule has 0 unspecified atom stereocenters. The second-order valence-electron chi connectivity index (χ2n) is 3.06. The van der Waals surface area contributed by atoms with Crippen molar-refractivity contribution in [2.24, 2.45) is 0 Å². The summed E-state index contributed by atoms with van der Waals surface area (Å²) in [6.07, 6.45) is -0.460. The van der Waals surface area contributed by atoms with Crippen LogP contribution in [0.1, 0.15) is 5.56 Å². The standard InChI is InChI=1S/C10H11NO4/c1-13-6-3-8-7(9(4-6)14-2)5-15-10(12)11-8/h3-4H,5H2,1-2H3,(H,11,12). The predicted molar refractivity (Wildman–Crippen MR) is 53.4 cm³/mol. The molecular weight excluding hydrogens is 198 g/mol. The van der Waals surface area contributed by atoms with Crippen molar-refractivity contribution in [3.05, 3.63) is 17.7 Å². The van der Waals surface area contributed by atoms with Crippen LogP contribution in [0.15, 0.2) is 12.1 Å². The Morgan fingerprint density at radius 1 is 1.33 bits per heavy atom. The summed E-state index contributed by atoms with van der Waals surface area (Å²) in [5.74, 6) is 1.28. The number of nitrogens with one attached hydrogen (secondary N) is 1. The Hall–Kier alpha value is -1.91. The van der Waals surface area contributed by atoms with Gasteiger partial charge in [-0.25, -0.2) is 4.79 Å². The van der Waals surface area contributed by atoms with E-state index in [1.807, 2.05) is 0 Å². The largest absolute Gasteiger partial charge is 0.497 e. The van der Waals surface area contributed by atoms with E-state index in [1.165, 1.54) is 0 Å². The summed E-state index contributed by atoms with van der Waals surface area (Å²) in [6, 6.07) is 3.48. The molecule has 0 saturated carbocycles. The summed E-state index contributed by atoms with van der Waals surface area (Å²) in [5, 5.41) is 2.59. The molecule has 0 bridgehead atoms. The van der Waals surface area contributed by atoms with Crippen molar-refractivity contribution < 1.29 is 19.0 Å². The summed E-state index contributed by atoms with van der Waals surface area (Å²) in [4.78, 5) is 11.0. The third kappa shape index (κ3) is 1.68. The lowest BCUT2D eigenvalue weighted by molar-refractivity contribution is 0.150. The highest BCUT2D eigenvalue weighted by Crippen LogP contribution is 2.34. The molecule has 0 aromatic heterocycles. The molecule has 0 fully saturated rings. The first-order valence-electron chi connectivity index (χ1n) is 4.43. The summed E-state index contributed by atoms with van der Waals surface area (Å²) in [5.41, 5.74) is 1.49. The molecule has 1 aromatic rings. The maximum atomic E-state index is 11.0. The number of cyclic esters (lactones) is 1. The second kappa shape index (κ2) is 3.68. The molecule has 0 spiro atoms. The van der Waals surface area contributed by atoms with Gasteiger partial charge in [0.2, 0.25) is 0 Å². The number of carbonyl (C=O) groups excluding carboxylic acids is 1. The van der Waals surface area contributed by atoms with Crippen LogP contribution in [0.4, 0.5) is 10.5 Å². The van der Waals surface area contributed by atoms with Crippen molar-refractivity contribution in [2.45, 2.75) is 6.61 Å². The molecule has 1 aliphatic heterocycles. The van der Waals surface area contributed by atoms with Gasteiger partial charge in [0.25, 0.3) is 0 Å². The Morgan fingerprint density at radius 2 is 2.13 bits per heavy atom. The first kappa shape index (κ1) is 9.64. The summed E-state index contributed by atoms with van der Waals surface area (Å²) in [6.45, 7) is 0.217.